The van der Waals surface area contributed by atoms with Gasteiger partial charge in [0.15, 0.2) is 11.6 Å². The number of hydrogen-bond donors (Lipinski definition) is 1. The number of aliphatic hydroxyl groups excluding tert-OH is 1. The van der Waals surface area contributed by atoms with Gasteiger partial charge in [0.05, 0.1) is 17.3 Å². The van der Waals surface area contributed by atoms with Crippen molar-refractivity contribution in [3.05, 3.63) is 112 Å². The fourth-order valence-electron chi connectivity index (χ4n) is 3.44. The summed E-state index contributed by atoms with van der Waals surface area (Å²) in [6.07, 6.45) is 4.31. The van der Waals surface area contributed by atoms with E-state index in [4.69, 9.17) is 11.6 Å². The van der Waals surface area contributed by atoms with Gasteiger partial charge in [0, 0.05) is 16.5 Å². The molecule has 0 saturated carbocycles. The Labute approximate surface area is 184 Å². The lowest BCUT2D eigenvalue weighted by atomic mass is 9.99. The molecule has 1 N–H and O–H groups in total. The van der Waals surface area contributed by atoms with Crippen molar-refractivity contribution in [1.29, 1.82) is 0 Å². The van der Waals surface area contributed by atoms with Gasteiger partial charge in [-0.3, -0.25) is 0 Å². The summed E-state index contributed by atoms with van der Waals surface area (Å²) < 4.78 is 26.8. The minimum atomic E-state index is -0.917. The summed E-state index contributed by atoms with van der Waals surface area (Å²) >= 11 is 6.20. The molecule has 5 heteroatoms. The number of hydrogen-bond acceptors (Lipinski definition) is 2. The highest BCUT2D eigenvalue weighted by Crippen LogP contribution is 2.24. The van der Waals surface area contributed by atoms with Crippen LogP contribution in [0.4, 0.5) is 8.78 Å². The second kappa shape index (κ2) is 9.38. The molecule has 1 aromatic heterocycles. The Morgan fingerprint density at radius 1 is 0.903 bits per heavy atom. The average molecular weight is 436 g/mol. The number of aliphatic hydroxyl groups is 1. The third-order valence-corrected chi connectivity index (χ3v) is 5.51. The normalized spacial score (nSPS) is 12.5. The highest BCUT2D eigenvalue weighted by Gasteiger charge is 2.10. The van der Waals surface area contributed by atoms with Crippen molar-refractivity contribution in [2.24, 2.45) is 0 Å². The molecule has 0 spiro atoms. The van der Waals surface area contributed by atoms with Crippen LogP contribution in [0.3, 0.4) is 0 Å². The van der Waals surface area contributed by atoms with Crippen molar-refractivity contribution >= 4 is 34.7 Å². The monoisotopic (exact) mass is 435 g/mol. The minimum Gasteiger partial charge on any atom is -0.388 e. The third-order valence-electron chi connectivity index (χ3n) is 5.14. The van der Waals surface area contributed by atoms with Gasteiger partial charge in [-0.1, -0.05) is 60.1 Å². The zero-order chi connectivity index (χ0) is 21.8. The van der Waals surface area contributed by atoms with Gasteiger partial charge in [-0.05, 0) is 59.9 Å². The first-order chi connectivity index (χ1) is 15.0. The summed E-state index contributed by atoms with van der Waals surface area (Å²) in [5.41, 5.74) is 3.76. The van der Waals surface area contributed by atoms with Gasteiger partial charge in [-0.25, -0.2) is 13.8 Å². The van der Waals surface area contributed by atoms with E-state index in [0.29, 0.717) is 34.5 Å². The predicted octanol–water partition coefficient (Wildman–Crippen LogP) is 7.00. The molecule has 0 saturated heterocycles. The number of benzene rings is 3. The van der Waals surface area contributed by atoms with E-state index < -0.39 is 17.7 Å². The summed E-state index contributed by atoms with van der Waals surface area (Å²) in [5.74, 6) is -1.80. The molecule has 1 heterocycles. The number of aryl methyl sites for hydroxylation is 1. The lowest BCUT2D eigenvalue weighted by Gasteiger charge is -2.12. The Balaban J connectivity index is 1.47. The summed E-state index contributed by atoms with van der Waals surface area (Å²) in [5, 5.41) is 11.9. The third kappa shape index (κ3) is 5.16. The minimum absolute atomic E-state index is 0.393. The number of halogens is 3. The van der Waals surface area contributed by atoms with Crippen LogP contribution in [-0.2, 0) is 6.42 Å². The van der Waals surface area contributed by atoms with Crippen molar-refractivity contribution in [3.63, 3.8) is 0 Å². The molecule has 0 fully saturated rings. The van der Waals surface area contributed by atoms with Crippen molar-refractivity contribution in [3.8, 4) is 0 Å². The van der Waals surface area contributed by atoms with Crippen LogP contribution < -0.4 is 0 Å². The standard InChI is InChI=1S/C26H20ClF2NO/c27-22-7-2-1-5-18(22)10-13-26(31)20-6-3-4-17(14-20)8-11-21-12-9-19-15-23(28)24(29)16-25(19)30-21/h1-9,11-12,14-16,26,31H,10,13H2. The number of aromatic nitrogens is 1. The molecule has 1 atom stereocenters. The number of pyridine rings is 1. The topological polar surface area (TPSA) is 33.1 Å². The maximum absolute atomic E-state index is 13.5. The van der Waals surface area contributed by atoms with E-state index >= 15 is 0 Å². The van der Waals surface area contributed by atoms with Gasteiger partial charge in [0.25, 0.3) is 0 Å². The van der Waals surface area contributed by atoms with Gasteiger partial charge in [-0.2, -0.15) is 0 Å². The maximum Gasteiger partial charge on any atom is 0.161 e. The molecule has 0 radical (unpaired) electrons. The molecule has 0 aliphatic rings. The molecule has 4 aromatic rings. The fraction of sp³-hybridized carbons (Fsp3) is 0.115. The number of rotatable bonds is 6. The summed E-state index contributed by atoms with van der Waals surface area (Å²) in [7, 11) is 0. The largest absolute Gasteiger partial charge is 0.388 e. The van der Waals surface area contributed by atoms with E-state index in [1.54, 1.807) is 18.2 Å². The van der Waals surface area contributed by atoms with E-state index in [-0.39, 0.29) is 0 Å². The van der Waals surface area contributed by atoms with Crippen LogP contribution in [0.25, 0.3) is 23.1 Å². The SMILES string of the molecule is OC(CCc1ccccc1Cl)c1cccc(C=Cc2ccc3cc(F)c(F)cc3n2)c1. The molecule has 3 aromatic carbocycles. The van der Waals surface area contributed by atoms with Gasteiger partial charge >= 0.3 is 0 Å². The first-order valence-electron chi connectivity index (χ1n) is 9.95. The average Bonchev–Trinajstić information content (AvgIpc) is 2.78. The van der Waals surface area contributed by atoms with Crippen LogP contribution in [0.5, 0.6) is 0 Å². The maximum atomic E-state index is 13.5. The van der Waals surface area contributed by atoms with Crippen molar-refractivity contribution < 1.29 is 13.9 Å². The molecule has 156 valence electrons. The molecule has 1 unspecified atom stereocenters. The lowest BCUT2D eigenvalue weighted by Crippen LogP contribution is -2.00. The number of nitrogens with zero attached hydrogens (tertiary/aromatic N) is 1. The highest BCUT2D eigenvalue weighted by molar-refractivity contribution is 6.31. The Hall–Kier alpha value is -3.08. The molecule has 31 heavy (non-hydrogen) atoms. The zero-order valence-electron chi connectivity index (χ0n) is 16.6. The number of fused-ring (bicyclic) bond motifs is 1. The Morgan fingerprint density at radius 2 is 1.71 bits per heavy atom. The van der Waals surface area contributed by atoms with Gasteiger partial charge < -0.3 is 5.11 Å². The Kier molecular flexibility index (Phi) is 6.40. The van der Waals surface area contributed by atoms with Crippen molar-refractivity contribution in [2.45, 2.75) is 18.9 Å². The highest BCUT2D eigenvalue weighted by atomic mass is 35.5. The predicted molar refractivity (Wildman–Crippen MR) is 122 cm³/mol. The van der Waals surface area contributed by atoms with Crippen LogP contribution in [0.2, 0.25) is 5.02 Å². The van der Waals surface area contributed by atoms with E-state index in [1.165, 1.54) is 0 Å². The van der Waals surface area contributed by atoms with E-state index in [1.807, 2.05) is 54.6 Å². The molecule has 2 nitrogen and oxygen atoms in total. The van der Waals surface area contributed by atoms with Crippen molar-refractivity contribution in [2.75, 3.05) is 0 Å². The molecule has 0 aliphatic heterocycles. The fourth-order valence-corrected chi connectivity index (χ4v) is 3.67. The van der Waals surface area contributed by atoms with Crippen LogP contribution in [0.15, 0.2) is 72.8 Å². The van der Waals surface area contributed by atoms with Crippen LogP contribution in [0, 0.1) is 11.6 Å². The Bertz CT molecular complexity index is 1260. The Morgan fingerprint density at radius 3 is 2.55 bits per heavy atom. The van der Waals surface area contributed by atoms with Gasteiger partial charge in [0.2, 0.25) is 0 Å². The van der Waals surface area contributed by atoms with E-state index in [0.717, 1.165) is 28.8 Å². The zero-order valence-corrected chi connectivity index (χ0v) is 17.4. The second-order valence-electron chi connectivity index (χ2n) is 7.34. The first-order valence-corrected chi connectivity index (χ1v) is 10.3. The second-order valence-corrected chi connectivity index (χ2v) is 7.75. The molecule has 4 rings (SSSR count). The van der Waals surface area contributed by atoms with Crippen LogP contribution >= 0.6 is 11.6 Å². The summed E-state index contributed by atoms with van der Waals surface area (Å²) in [6, 6.07) is 20.9. The van der Waals surface area contributed by atoms with Crippen molar-refractivity contribution in [1.82, 2.24) is 4.98 Å². The van der Waals surface area contributed by atoms with Crippen LogP contribution in [-0.4, -0.2) is 10.1 Å². The van der Waals surface area contributed by atoms with E-state index in [9.17, 15) is 13.9 Å². The molecule has 0 amide bonds. The van der Waals surface area contributed by atoms with E-state index in [2.05, 4.69) is 4.98 Å². The smallest absolute Gasteiger partial charge is 0.161 e. The van der Waals surface area contributed by atoms with Gasteiger partial charge in [-0.15, -0.1) is 0 Å². The molecule has 0 bridgehead atoms. The lowest BCUT2D eigenvalue weighted by molar-refractivity contribution is 0.168. The van der Waals surface area contributed by atoms with Crippen LogP contribution in [0.1, 0.15) is 34.9 Å². The summed E-state index contributed by atoms with van der Waals surface area (Å²) in [4.78, 5) is 4.37. The van der Waals surface area contributed by atoms with Gasteiger partial charge in [0.1, 0.15) is 0 Å². The first kappa shape index (κ1) is 21.2. The molecule has 0 aliphatic carbocycles. The molecular formula is C26H20ClF2NO. The molecular weight excluding hydrogens is 416 g/mol. The summed E-state index contributed by atoms with van der Waals surface area (Å²) in [6.45, 7) is 0. The quantitative estimate of drug-likeness (QED) is 0.353.